The van der Waals surface area contributed by atoms with Crippen molar-refractivity contribution < 1.29 is 9.59 Å². The lowest BCUT2D eigenvalue weighted by molar-refractivity contribution is -0.134. The molecule has 2 aliphatic heterocycles. The second-order valence-electron chi connectivity index (χ2n) is 5.04. The molecule has 2 heterocycles. The van der Waals surface area contributed by atoms with Gasteiger partial charge in [-0.05, 0) is 32.4 Å². The maximum absolute atomic E-state index is 12.0. The molecule has 96 valence electrons. The molecule has 0 aromatic rings. The van der Waals surface area contributed by atoms with Gasteiger partial charge in [0, 0.05) is 32.0 Å². The molecule has 1 atom stereocenters. The minimum absolute atomic E-state index is 0.139. The molecule has 0 aliphatic carbocycles. The molecule has 2 amide bonds. The number of carbonyl (C=O) groups is 2. The average Bonchev–Trinajstić information content (AvgIpc) is 2.35. The van der Waals surface area contributed by atoms with Gasteiger partial charge in [0.15, 0.2) is 0 Å². The second kappa shape index (κ2) is 5.49. The number of hydrogen-bond acceptors (Lipinski definition) is 3. The van der Waals surface area contributed by atoms with Gasteiger partial charge in [-0.3, -0.25) is 9.59 Å². The molecule has 0 saturated carbocycles. The van der Waals surface area contributed by atoms with Crippen molar-refractivity contribution in [2.24, 2.45) is 5.92 Å². The predicted molar refractivity (Wildman–Crippen MR) is 64.4 cm³/mol. The van der Waals surface area contributed by atoms with Crippen LogP contribution >= 0.6 is 0 Å². The number of amides is 2. The Labute approximate surface area is 102 Å². The Balaban J connectivity index is 1.80. The highest BCUT2D eigenvalue weighted by Gasteiger charge is 2.27. The third-order valence-corrected chi connectivity index (χ3v) is 3.68. The summed E-state index contributed by atoms with van der Waals surface area (Å²) in [5.74, 6) is 0.496. The number of likely N-dealkylation sites (N-methyl/N-ethyl adjacent to an activating group) is 1. The molecule has 0 aromatic carbocycles. The van der Waals surface area contributed by atoms with Crippen LogP contribution in [-0.4, -0.2) is 49.4 Å². The van der Waals surface area contributed by atoms with Crippen molar-refractivity contribution in [2.45, 2.75) is 31.7 Å². The highest BCUT2D eigenvalue weighted by molar-refractivity contribution is 5.80. The molecule has 2 rings (SSSR count). The van der Waals surface area contributed by atoms with Gasteiger partial charge >= 0.3 is 0 Å². The Morgan fingerprint density at radius 2 is 2.06 bits per heavy atom. The van der Waals surface area contributed by atoms with Crippen LogP contribution in [0.5, 0.6) is 0 Å². The number of piperidine rings is 2. The first-order chi connectivity index (χ1) is 8.16. The van der Waals surface area contributed by atoms with Gasteiger partial charge in [-0.25, -0.2) is 0 Å². The molecule has 1 unspecified atom stereocenters. The highest BCUT2D eigenvalue weighted by Crippen LogP contribution is 2.14. The standard InChI is InChI=1S/C12H21N3O2/c1-15-8-10(2-3-11(15)16)14-12(17)9-4-6-13-7-5-9/h9-10,13H,2-8H2,1H3,(H,14,17). The van der Waals surface area contributed by atoms with Crippen molar-refractivity contribution in [1.29, 1.82) is 0 Å². The van der Waals surface area contributed by atoms with Crippen LogP contribution in [0.3, 0.4) is 0 Å². The number of likely N-dealkylation sites (tertiary alicyclic amines) is 1. The zero-order chi connectivity index (χ0) is 12.3. The van der Waals surface area contributed by atoms with Crippen LogP contribution < -0.4 is 10.6 Å². The van der Waals surface area contributed by atoms with Crippen LogP contribution in [-0.2, 0) is 9.59 Å². The van der Waals surface area contributed by atoms with Crippen LogP contribution in [0.25, 0.3) is 0 Å². The Kier molecular flexibility index (Phi) is 3.99. The van der Waals surface area contributed by atoms with Gasteiger partial charge in [-0.2, -0.15) is 0 Å². The zero-order valence-corrected chi connectivity index (χ0v) is 10.4. The third-order valence-electron chi connectivity index (χ3n) is 3.68. The van der Waals surface area contributed by atoms with E-state index in [1.165, 1.54) is 0 Å². The SMILES string of the molecule is CN1CC(NC(=O)C2CCNCC2)CCC1=O. The molecule has 0 aromatic heterocycles. The lowest BCUT2D eigenvalue weighted by Gasteiger charge is -2.32. The molecular formula is C12H21N3O2. The summed E-state index contributed by atoms with van der Waals surface area (Å²) in [6.45, 7) is 2.51. The number of carbonyl (C=O) groups excluding carboxylic acids is 2. The average molecular weight is 239 g/mol. The molecule has 2 fully saturated rings. The number of hydrogen-bond donors (Lipinski definition) is 2. The molecule has 5 nitrogen and oxygen atoms in total. The van der Waals surface area contributed by atoms with Crippen LogP contribution in [0.1, 0.15) is 25.7 Å². The first-order valence-electron chi connectivity index (χ1n) is 6.42. The van der Waals surface area contributed by atoms with E-state index in [0.29, 0.717) is 13.0 Å². The quantitative estimate of drug-likeness (QED) is 0.697. The summed E-state index contributed by atoms with van der Waals surface area (Å²) in [5, 5.41) is 6.33. The Morgan fingerprint density at radius 3 is 2.71 bits per heavy atom. The monoisotopic (exact) mass is 239 g/mol. The van der Waals surface area contributed by atoms with Gasteiger partial charge in [0.1, 0.15) is 0 Å². The van der Waals surface area contributed by atoms with E-state index in [9.17, 15) is 9.59 Å². The van der Waals surface area contributed by atoms with E-state index in [4.69, 9.17) is 0 Å². The Bertz CT molecular complexity index is 300. The fraction of sp³-hybridized carbons (Fsp3) is 0.833. The zero-order valence-electron chi connectivity index (χ0n) is 10.4. The lowest BCUT2D eigenvalue weighted by atomic mass is 9.96. The fourth-order valence-corrected chi connectivity index (χ4v) is 2.53. The summed E-state index contributed by atoms with van der Waals surface area (Å²) < 4.78 is 0. The normalized spacial score (nSPS) is 27.0. The van der Waals surface area contributed by atoms with Crippen molar-refractivity contribution >= 4 is 11.8 Å². The van der Waals surface area contributed by atoms with Crippen molar-refractivity contribution in [1.82, 2.24) is 15.5 Å². The fourth-order valence-electron chi connectivity index (χ4n) is 2.53. The molecule has 0 radical (unpaired) electrons. The highest BCUT2D eigenvalue weighted by atomic mass is 16.2. The summed E-state index contributed by atoms with van der Waals surface area (Å²) in [6.07, 6.45) is 3.17. The van der Waals surface area contributed by atoms with Gasteiger partial charge in [-0.15, -0.1) is 0 Å². The van der Waals surface area contributed by atoms with E-state index in [1.807, 2.05) is 0 Å². The van der Waals surface area contributed by atoms with Gasteiger partial charge in [0.2, 0.25) is 11.8 Å². The summed E-state index contributed by atoms with van der Waals surface area (Å²) in [5.41, 5.74) is 0. The van der Waals surface area contributed by atoms with Gasteiger partial charge in [-0.1, -0.05) is 0 Å². The molecule has 0 bridgehead atoms. The van der Waals surface area contributed by atoms with Gasteiger partial charge in [0.05, 0.1) is 0 Å². The molecule has 17 heavy (non-hydrogen) atoms. The first-order valence-corrected chi connectivity index (χ1v) is 6.42. The van der Waals surface area contributed by atoms with Crippen LogP contribution in [0.2, 0.25) is 0 Å². The smallest absolute Gasteiger partial charge is 0.223 e. The second-order valence-corrected chi connectivity index (χ2v) is 5.04. The van der Waals surface area contributed by atoms with Crippen LogP contribution in [0.15, 0.2) is 0 Å². The van der Waals surface area contributed by atoms with E-state index in [1.54, 1.807) is 11.9 Å². The van der Waals surface area contributed by atoms with Crippen molar-refractivity contribution in [3.63, 3.8) is 0 Å². The first kappa shape index (κ1) is 12.4. The van der Waals surface area contributed by atoms with Crippen LogP contribution in [0.4, 0.5) is 0 Å². The molecule has 2 N–H and O–H groups in total. The summed E-state index contributed by atoms with van der Waals surface area (Å²) in [7, 11) is 1.80. The van der Waals surface area contributed by atoms with E-state index in [2.05, 4.69) is 10.6 Å². The minimum Gasteiger partial charge on any atom is -0.351 e. The molecule has 5 heteroatoms. The Morgan fingerprint density at radius 1 is 1.35 bits per heavy atom. The lowest BCUT2D eigenvalue weighted by Crippen LogP contribution is -2.50. The maximum atomic E-state index is 12.0. The van der Waals surface area contributed by atoms with Crippen LogP contribution in [0, 0.1) is 5.92 Å². The summed E-state index contributed by atoms with van der Waals surface area (Å²) >= 11 is 0. The van der Waals surface area contributed by atoms with Gasteiger partial charge < -0.3 is 15.5 Å². The van der Waals surface area contributed by atoms with Gasteiger partial charge in [0.25, 0.3) is 0 Å². The predicted octanol–water partition coefficient (Wildman–Crippen LogP) is -0.277. The molecule has 2 aliphatic rings. The molecule has 2 saturated heterocycles. The van der Waals surface area contributed by atoms with E-state index >= 15 is 0 Å². The maximum Gasteiger partial charge on any atom is 0.223 e. The Hall–Kier alpha value is -1.10. The van der Waals surface area contributed by atoms with Crippen molar-refractivity contribution in [3.05, 3.63) is 0 Å². The van der Waals surface area contributed by atoms with E-state index in [0.717, 1.165) is 32.4 Å². The number of nitrogens with zero attached hydrogens (tertiary/aromatic N) is 1. The number of nitrogens with one attached hydrogen (secondary N) is 2. The minimum atomic E-state index is 0.139. The third kappa shape index (κ3) is 3.19. The number of rotatable bonds is 2. The van der Waals surface area contributed by atoms with E-state index in [-0.39, 0.29) is 23.8 Å². The topological polar surface area (TPSA) is 61.4 Å². The summed E-state index contributed by atoms with van der Waals surface area (Å²) in [4.78, 5) is 25.0. The van der Waals surface area contributed by atoms with E-state index < -0.39 is 0 Å². The van der Waals surface area contributed by atoms with Crippen molar-refractivity contribution in [2.75, 3.05) is 26.7 Å². The largest absolute Gasteiger partial charge is 0.351 e. The van der Waals surface area contributed by atoms with Crippen molar-refractivity contribution in [3.8, 4) is 0 Å². The molecule has 0 spiro atoms. The molecular weight excluding hydrogens is 218 g/mol. The summed E-state index contributed by atoms with van der Waals surface area (Å²) in [6, 6.07) is 0.139.